The topological polar surface area (TPSA) is 55.3 Å². The van der Waals surface area contributed by atoms with E-state index in [1.165, 1.54) is 13.5 Å². The van der Waals surface area contributed by atoms with Gasteiger partial charge in [-0.3, -0.25) is 0 Å². The maximum atomic E-state index is 11.8. The summed E-state index contributed by atoms with van der Waals surface area (Å²) in [6, 6.07) is 0.367. The number of carbonyl (C=O) groups excluding carboxylic acids is 1. The third-order valence-electron chi connectivity index (χ3n) is 3.94. The van der Waals surface area contributed by atoms with Crippen molar-refractivity contribution in [2.24, 2.45) is 5.92 Å². The van der Waals surface area contributed by atoms with Crippen molar-refractivity contribution in [2.75, 3.05) is 18.6 Å². The zero-order valence-corrected chi connectivity index (χ0v) is 12.0. The van der Waals surface area contributed by atoms with Crippen LogP contribution >= 0.6 is 0 Å². The maximum Gasteiger partial charge on any atom is 0.343 e. The molecule has 5 nitrogen and oxygen atoms in total. The van der Waals surface area contributed by atoms with Crippen molar-refractivity contribution >= 4 is 11.8 Å². The predicted molar refractivity (Wildman–Crippen MR) is 73.3 cm³/mol. The Kier molecular flexibility index (Phi) is 4.02. The number of methoxy groups -OCH3 is 1. The molecule has 1 aliphatic rings. The lowest BCUT2D eigenvalue weighted by atomic mass is 9.92. The van der Waals surface area contributed by atoms with Crippen LogP contribution in [0.4, 0.5) is 5.82 Å². The van der Waals surface area contributed by atoms with Gasteiger partial charge in [-0.1, -0.05) is 6.92 Å². The molecule has 1 fully saturated rings. The molecule has 2 unspecified atom stereocenters. The van der Waals surface area contributed by atoms with Crippen molar-refractivity contribution in [3.63, 3.8) is 0 Å². The van der Waals surface area contributed by atoms with E-state index in [2.05, 4.69) is 28.7 Å². The highest BCUT2D eigenvalue weighted by molar-refractivity contribution is 5.94. The molecule has 0 aromatic carbocycles. The lowest BCUT2D eigenvalue weighted by molar-refractivity contribution is 0.0600. The SMILES string of the molecule is COC(=O)c1cnc(C)nc1N1CCCC(C)C1C. The predicted octanol–water partition coefficient (Wildman–Crippen LogP) is 2.20. The van der Waals surface area contributed by atoms with Gasteiger partial charge in [-0.2, -0.15) is 0 Å². The van der Waals surface area contributed by atoms with E-state index in [1.807, 2.05) is 6.92 Å². The van der Waals surface area contributed by atoms with E-state index in [0.29, 0.717) is 29.2 Å². The minimum absolute atomic E-state index is 0.367. The Labute approximate surface area is 114 Å². The van der Waals surface area contributed by atoms with Gasteiger partial charge in [-0.25, -0.2) is 14.8 Å². The summed E-state index contributed by atoms with van der Waals surface area (Å²) in [7, 11) is 1.38. The molecular formula is C14H21N3O2. The van der Waals surface area contributed by atoms with Gasteiger partial charge in [0, 0.05) is 18.8 Å². The van der Waals surface area contributed by atoms with Crippen LogP contribution in [0, 0.1) is 12.8 Å². The molecule has 1 saturated heterocycles. The number of esters is 1. The zero-order valence-electron chi connectivity index (χ0n) is 12.0. The zero-order chi connectivity index (χ0) is 14.0. The first kappa shape index (κ1) is 13.8. The van der Waals surface area contributed by atoms with Crippen LogP contribution in [-0.4, -0.2) is 35.6 Å². The number of hydrogen-bond acceptors (Lipinski definition) is 5. The molecule has 0 spiro atoms. The number of nitrogens with zero attached hydrogens (tertiary/aromatic N) is 3. The number of piperidine rings is 1. The first-order valence-corrected chi connectivity index (χ1v) is 6.73. The lowest BCUT2D eigenvalue weighted by Crippen LogP contribution is -2.43. The summed E-state index contributed by atoms with van der Waals surface area (Å²) < 4.78 is 4.82. The Hall–Kier alpha value is -1.65. The monoisotopic (exact) mass is 263 g/mol. The van der Waals surface area contributed by atoms with Gasteiger partial charge in [0.15, 0.2) is 0 Å². The number of carbonyl (C=O) groups is 1. The summed E-state index contributed by atoms with van der Waals surface area (Å²) >= 11 is 0. The summed E-state index contributed by atoms with van der Waals surface area (Å²) in [6.07, 6.45) is 3.90. The average molecular weight is 263 g/mol. The molecule has 1 aromatic heterocycles. The van der Waals surface area contributed by atoms with E-state index >= 15 is 0 Å². The van der Waals surface area contributed by atoms with Gasteiger partial charge in [0.25, 0.3) is 0 Å². The van der Waals surface area contributed by atoms with Crippen LogP contribution in [0.25, 0.3) is 0 Å². The van der Waals surface area contributed by atoms with Crippen molar-refractivity contribution < 1.29 is 9.53 Å². The second-order valence-corrected chi connectivity index (χ2v) is 5.20. The molecule has 2 rings (SSSR count). The third kappa shape index (κ3) is 2.69. The number of rotatable bonds is 2. The fourth-order valence-electron chi connectivity index (χ4n) is 2.57. The summed E-state index contributed by atoms with van der Waals surface area (Å²) in [6.45, 7) is 7.18. The molecule has 1 aromatic rings. The van der Waals surface area contributed by atoms with Crippen LogP contribution in [0.1, 0.15) is 42.9 Å². The lowest BCUT2D eigenvalue weighted by Gasteiger charge is -2.39. The van der Waals surface area contributed by atoms with E-state index in [-0.39, 0.29) is 5.97 Å². The first-order chi connectivity index (χ1) is 9.04. The standard InChI is InChI=1S/C14H21N3O2/c1-9-6-5-7-17(10(9)2)13-12(14(18)19-4)8-15-11(3)16-13/h8-10H,5-7H2,1-4H3. The molecule has 2 atom stereocenters. The summed E-state index contributed by atoms with van der Waals surface area (Å²) in [5, 5.41) is 0. The van der Waals surface area contributed by atoms with Gasteiger partial charge in [-0.15, -0.1) is 0 Å². The largest absolute Gasteiger partial charge is 0.465 e. The third-order valence-corrected chi connectivity index (χ3v) is 3.94. The highest BCUT2D eigenvalue weighted by atomic mass is 16.5. The molecule has 2 heterocycles. The van der Waals surface area contributed by atoms with E-state index in [0.717, 1.165) is 13.0 Å². The fourth-order valence-corrected chi connectivity index (χ4v) is 2.57. The molecule has 0 N–H and O–H groups in total. The Morgan fingerprint density at radius 2 is 2.21 bits per heavy atom. The highest BCUT2D eigenvalue weighted by Gasteiger charge is 2.29. The number of hydrogen-bond donors (Lipinski definition) is 0. The smallest absolute Gasteiger partial charge is 0.343 e. The van der Waals surface area contributed by atoms with Crippen LogP contribution in [0.5, 0.6) is 0 Å². The van der Waals surface area contributed by atoms with Gasteiger partial charge >= 0.3 is 5.97 Å². The van der Waals surface area contributed by atoms with Gasteiger partial charge in [0.2, 0.25) is 0 Å². The van der Waals surface area contributed by atoms with E-state index in [1.54, 1.807) is 6.20 Å². The fraction of sp³-hybridized carbons (Fsp3) is 0.643. The van der Waals surface area contributed by atoms with E-state index < -0.39 is 0 Å². The normalized spacial score (nSPS) is 23.3. The molecular weight excluding hydrogens is 242 g/mol. The first-order valence-electron chi connectivity index (χ1n) is 6.73. The molecule has 5 heteroatoms. The van der Waals surface area contributed by atoms with Crippen molar-refractivity contribution in [1.82, 2.24) is 9.97 Å². The molecule has 1 aliphatic heterocycles. The molecule has 0 aliphatic carbocycles. The van der Waals surface area contributed by atoms with Crippen LogP contribution in [0.15, 0.2) is 6.20 Å². The van der Waals surface area contributed by atoms with E-state index in [4.69, 9.17) is 4.74 Å². The molecule has 104 valence electrons. The van der Waals surface area contributed by atoms with Gasteiger partial charge in [0.1, 0.15) is 17.2 Å². The molecule has 0 amide bonds. The van der Waals surface area contributed by atoms with Crippen LogP contribution in [-0.2, 0) is 4.74 Å². The van der Waals surface area contributed by atoms with Crippen molar-refractivity contribution in [2.45, 2.75) is 39.7 Å². The van der Waals surface area contributed by atoms with Crippen LogP contribution < -0.4 is 4.90 Å². The number of anilines is 1. The Morgan fingerprint density at radius 3 is 2.89 bits per heavy atom. The minimum Gasteiger partial charge on any atom is -0.465 e. The number of ether oxygens (including phenoxy) is 1. The number of aromatic nitrogens is 2. The minimum atomic E-state index is -0.375. The second-order valence-electron chi connectivity index (χ2n) is 5.20. The summed E-state index contributed by atoms with van der Waals surface area (Å²) in [5.41, 5.74) is 0.453. The van der Waals surface area contributed by atoms with Gasteiger partial charge < -0.3 is 9.64 Å². The molecule has 19 heavy (non-hydrogen) atoms. The van der Waals surface area contributed by atoms with Crippen LogP contribution in [0.3, 0.4) is 0 Å². The van der Waals surface area contributed by atoms with Gasteiger partial charge in [-0.05, 0) is 32.6 Å². The average Bonchev–Trinajstić information content (AvgIpc) is 2.41. The molecule has 0 saturated carbocycles. The molecule has 0 radical (unpaired) electrons. The number of aryl methyl sites for hydroxylation is 1. The Bertz CT molecular complexity index is 476. The van der Waals surface area contributed by atoms with Crippen molar-refractivity contribution in [1.29, 1.82) is 0 Å². The quantitative estimate of drug-likeness (QED) is 0.766. The van der Waals surface area contributed by atoms with E-state index in [9.17, 15) is 4.79 Å². The maximum absolute atomic E-state index is 11.8. The molecule has 0 bridgehead atoms. The van der Waals surface area contributed by atoms with Crippen molar-refractivity contribution in [3.05, 3.63) is 17.6 Å². The Morgan fingerprint density at radius 1 is 1.47 bits per heavy atom. The summed E-state index contributed by atoms with van der Waals surface area (Å²) in [5.74, 6) is 1.60. The highest BCUT2D eigenvalue weighted by Crippen LogP contribution is 2.29. The van der Waals surface area contributed by atoms with Gasteiger partial charge in [0.05, 0.1) is 7.11 Å². The summed E-state index contributed by atoms with van der Waals surface area (Å²) in [4.78, 5) is 22.6. The van der Waals surface area contributed by atoms with Crippen molar-refractivity contribution in [3.8, 4) is 0 Å². The van der Waals surface area contributed by atoms with Crippen LogP contribution in [0.2, 0.25) is 0 Å². The Balaban J connectivity index is 2.42. The second kappa shape index (κ2) is 5.55.